The van der Waals surface area contributed by atoms with E-state index in [1.165, 1.54) is 87.9 Å². The number of allylic oxidation sites excluding steroid dienone is 2. The molecule has 0 spiro atoms. The van der Waals surface area contributed by atoms with Gasteiger partial charge in [0.05, 0.1) is 17.1 Å². The maximum absolute atomic E-state index is 2.53. The van der Waals surface area contributed by atoms with Crippen molar-refractivity contribution in [1.82, 2.24) is 4.57 Å². The Morgan fingerprint density at radius 3 is 1.72 bits per heavy atom. The van der Waals surface area contributed by atoms with Crippen LogP contribution in [0.5, 0.6) is 0 Å². The highest BCUT2D eigenvalue weighted by molar-refractivity contribution is 6.21. The van der Waals surface area contributed by atoms with E-state index in [1.54, 1.807) is 0 Å². The van der Waals surface area contributed by atoms with Crippen molar-refractivity contribution in [2.75, 3.05) is 4.90 Å². The van der Waals surface area contributed by atoms with E-state index in [4.69, 9.17) is 0 Å². The first kappa shape index (κ1) is 37.6. The second kappa shape index (κ2) is 15.9. The molecule has 1 aliphatic carbocycles. The molecule has 2 nitrogen and oxygen atoms in total. The van der Waals surface area contributed by atoms with Crippen molar-refractivity contribution < 1.29 is 0 Å². The second-order valence-electron chi connectivity index (χ2n) is 16.8. The van der Waals surface area contributed by atoms with Crippen LogP contribution in [-0.2, 0) is 0 Å². The van der Waals surface area contributed by atoms with E-state index in [0.29, 0.717) is 0 Å². The number of nitrogens with zero attached hydrogens (tertiary/aromatic N) is 2. The van der Waals surface area contributed by atoms with Gasteiger partial charge in [-0.3, -0.25) is 0 Å². The standard InChI is InChI=1S/C62H44N2/c1-3-15-43(16-4-1)48-20-11-21-49(41-48)44-31-36-52(37-32-44)63(53-38-33-47(34-39-53)56-28-13-19-45-17-7-9-26-55(45)56)54-25-12-22-50(42-54)57-29-14-30-60-61(57)59-40-35-46-18-8-10-27-58(46)62(59)64(60)51-23-5-2-6-24-51/h1-24,26-42,54H,25H2. The third-order valence-corrected chi connectivity index (χ3v) is 13.1. The van der Waals surface area contributed by atoms with Gasteiger partial charge in [0.15, 0.2) is 0 Å². The van der Waals surface area contributed by atoms with Gasteiger partial charge in [0.1, 0.15) is 0 Å². The first-order valence-electron chi connectivity index (χ1n) is 22.3. The second-order valence-corrected chi connectivity index (χ2v) is 16.8. The first-order chi connectivity index (χ1) is 31.7. The number of hydrogen-bond acceptors (Lipinski definition) is 1. The Hall–Kier alpha value is -8.20. The van der Waals surface area contributed by atoms with Crippen LogP contribution in [0, 0.1) is 0 Å². The molecule has 10 aromatic carbocycles. The third-order valence-electron chi connectivity index (χ3n) is 13.1. The zero-order valence-electron chi connectivity index (χ0n) is 35.4. The highest BCUT2D eigenvalue weighted by Gasteiger charge is 2.24. The smallest absolute Gasteiger partial charge is 0.0619 e. The van der Waals surface area contributed by atoms with Crippen molar-refractivity contribution in [3.05, 3.63) is 254 Å². The molecule has 2 heteroatoms. The van der Waals surface area contributed by atoms with Crippen LogP contribution >= 0.6 is 0 Å². The molecule has 0 bridgehead atoms. The lowest BCUT2D eigenvalue weighted by Gasteiger charge is -2.34. The lowest BCUT2D eigenvalue weighted by atomic mass is 9.92. The number of para-hydroxylation sites is 1. The summed E-state index contributed by atoms with van der Waals surface area (Å²) in [5, 5.41) is 7.55. The molecule has 0 fully saturated rings. The van der Waals surface area contributed by atoms with Crippen LogP contribution in [0.1, 0.15) is 12.0 Å². The third kappa shape index (κ3) is 6.60. The zero-order chi connectivity index (χ0) is 42.4. The van der Waals surface area contributed by atoms with Gasteiger partial charge in [0.2, 0.25) is 0 Å². The van der Waals surface area contributed by atoms with E-state index in [2.05, 4.69) is 258 Å². The molecule has 0 saturated heterocycles. The molecule has 302 valence electrons. The summed E-state index contributed by atoms with van der Waals surface area (Å²) in [5.74, 6) is 0. The Balaban J connectivity index is 0.988. The zero-order valence-corrected chi connectivity index (χ0v) is 35.4. The van der Waals surface area contributed by atoms with Crippen molar-refractivity contribution in [2.45, 2.75) is 12.5 Å². The molecule has 1 atom stereocenters. The molecule has 0 aliphatic heterocycles. The fraction of sp³-hybridized carbons (Fsp3) is 0.0323. The minimum absolute atomic E-state index is 0.0641. The fourth-order valence-electron chi connectivity index (χ4n) is 10.1. The highest BCUT2D eigenvalue weighted by atomic mass is 15.2. The molecular weight excluding hydrogens is 773 g/mol. The van der Waals surface area contributed by atoms with Crippen LogP contribution in [0.15, 0.2) is 249 Å². The van der Waals surface area contributed by atoms with Crippen LogP contribution in [-0.4, -0.2) is 10.6 Å². The summed E-state index contributed by atoms with van der Waals surface area (Å²) in [6, 6.07) is 84.2. The number of hydrogen-bond donors (Lipinski definition) is 0. The highest BCUT2D eigenvalue weighted by Crippen LogP contribution is 2.43. The molecule has 1 aliphatic rings. The van der Waals surface area contributed by atoms with Gasteiger partial charge in [0, 0.05) is 33.2 Å². The van der Waals surface area contributed by atoms with E-state index >= 15 is 0 Å². The number of benzene rings is 10. The summed E-state index contributed by atoms with van der Waals surface area (Å²) < 4.78 is 2.46. The molecule has 12 rings (SSSR count). The minimum atomic E-state index is 0.0641. The van der Waals surface area contributed by atoms with E-state index in [-0.39, 0.29) is 6.04 Å². The van der Waals surface area contributed by atoms with Crippen LogP contribution in [0.25, 0.3) is 88.0 Å². The van der Waals surface area contributed by atoms with Gasteiger partial charge in [-0.25, -0.2) is 0 Å². The van der Waals surface area contributed by atoms with Crippen LogP contribution < -0.4 is 4.90 Å². The normalized spacial score (nSPS) is 13.8. The number of anilines is 2. The average Bonchev–Trinajstić information content (AvgIpc) is 3.73. The Morgan fingerprint density at radius 2 is 0.969 bits per heavy atom. The summed E-state index contributed by atoms with van der Waals surface area (Å²) in [6.45, 7) is 0. The Labute approximate surface area is 373 Å². The molecule has 0 radical (unpaired) electrons. The average molecular weight is 817 g/mol. The Kier molecular flexibility index (Phi) is 9.34. The molecule has 0 saturated carbocycles. The number of fused-ring (bicyclic) bond motifs is 6. The predicted octanol–water partition coefficient (Wildman–Crippen LogP) is 16.6. The monoisotopic (exact) mass is 816 g/mol. The van der Waals surface area contributed by atoms with Crippen molar-refractivity contribution >= 4 is 60.3 Å². The summed E-state index contributed by atoms with van der Waals surface area (Å²) in [4.78, 5) is 2.53. The van der Waals surface area contributed by atoms with E-state index < -0.39 is 0 Å². The topological polar surface area (TPSA) is 8.17 Å². The summed E-state index contributed by atoms with van der Waals surface area (Å²) >= 11 is 0. The number of rotatable bonds is 8. The maximum Gasteiger partial charge on any atom is 0.0619 e. The minimum Gasteiger partial charge on any atom is -0.334 e. The molecule has 64 heavy (non-hydrogen) atoms. The van der Waals surface area contributed by atoms with Gasteiger partial charge < -0.3 is 9.47 Å². The lowest BCUT2D eigenvalue weighted by molar-refractivity contribution is 0.788. The lowest BCUT2D eigenvalue weighted by Crippen LogP contribution is -2.30. The van der Waals surface area contributed by atoms with Gasteiger partial charge in [-0.1, -0.05) is 200 Å². The van der Waals surface area contributed by atoms with Crippen molar-refractivity contribution in [3.8, 4) is 39.1 Å². The molecule has 1 aromatic heterocycles. The summed E-state index contributed by atoms with van der Waals surface area (Å²) in [5.41, 5.74) is 15.7. The summed E-state index contributed by atoms with van der Waals surface area (Å²) in [7, 11) is 0. The quantitative estimate of drug-likeness (QED) is 0.148. The van der Waals surface area contributed by atoms with E-state index in [1.807, 2.05) is 0 Å². The molecular formula is C62H44N2. The van der Waals surface area contributed by atoms with Gasteiger partial charge >= 0.3 is 0 Å². The Morgan fingerprint density at radius 1 is 0.406 bits per heavy atom. The molecule has 0 amide bonds. The van der Waals surface area contributed by atoms with Crippen molar-refractivity contribution in [2.24, 2.45) is 0 Å². The van der Waals surface area contributed by atoms with Gasteiger partial charge in [-0.2, -0.15) is 0 Å². The summed E-state index contributed by atoms with van der Waals surface area (Å²) in [6.07, 6.45) is 8.08. The molecule has 11 aromatic rings. The Bertz CT molecular complexity index is 3550. The van der Waals surface area contributed by atoms with Crippen LogP contribution in [0.3, 0.4) is 0 Å². The van der Waals surface area contributed by atoms with Crippen LogP contribution in [0.4, 0.5) is 11.4 Å². The van der Waals surface area contributed by atoms with E-state index in [9.17, 15) is 0 Å². The molecule has 1 unspecified atom stereocenters. The van der Waals surface area contributed by atoms with Gasteiger partial charge in [0.25, 0.3) is 0 Å². The van der Waals surface area contributed by atoms with Crippen molar-refractivity contribution in [1.29, 1.82) is 0 Å². The van der Waals surface area contributed by atoms with Gasteiger partial charge in [-0.05, 0) is 116 Å². The predicted molar refractivity (Wildman–Crippen MR) is 273 cm³/mol. The first-order valence-corrected chi connectivity index (χ1v) is 22.3. The number of aromatic nitrogens is 1. The molecule has 0 N–H and O–H groups in total. The van der Waals surface area contributed by atoms with Crippen molar-refractivity contribution in [3.63, 3.8) is 0 Å². The fourth-order valence-corrected chi connectivity index (χ4v) is 10.1. The maximum atomic E-state index is 2.53. The molecule has 1 heterocycles. The largest absolute Gasteiger partial charge is 0.334 e. The van der Waals surface area contributed by atoms with Crippen LogP contribution in [0.2, 0.25) is 0 Å². The SMILES string of the molecule is C1=CC(c2cccc3c2c2ccc4ccccc4c2n3-c2ccccc2)=CC(N(c2ccc(-c3cccc(-c4ccccc4)c3)cc2)c2ccc(-c3cccc4ccccc34)cc2)C1. The van der Waals surface area contributed by atoms with Gasteiger partial charge in [-0.15, -0.1) is 0 Å². The van der Waals surface area contributed by atoms with E-state index in [0.717, 1.165) is 23.5 Å².